The highest BCUT2D eigenvalue weighted by atomic mass is 32.1. The predicted octanol–water partition coefficient (Wildman–Crippen LogP) is 2.65. The molecule has 0 aliphatic heterocycles. The maximum Gasteiger partial charge on any atom is 0.325 e. The third-order valence-electron chi connectivity index (χ3n) is 5.26. The molecule has 37 heavy (non-hydrogen) atoms. The van der Waals surface area contributed by atoms with Gasteiger partial charge >= 0.3 is 5.97 Å². The van der Waals surface area contributed by atoms with Crippen molar-refractivity contribution in [3.05, 3.63) is 75.5 Å². The van der Waals surface area contributed by atoms with Crippen LogP contribution in [0.2, 0.25) is 0 Å². The van der Waals surface area contributed by atoms with Gasteiger partial charge in [0.15, 0.2) is 5.69 Å². The molecule has 0 aliphatic rings. The molecule has 0 saturated carbocycles. The number of nitrogens with two attached hydrogens (primary N) is 2. The van der Waals surface area contributed by atoms with Crippen LogP contribution in [-0.2, 0) is 14.3 Å². The third-order valence-corrected chi connectivity index (χ3v) is 6.11. The summed E-state index contributed by atoms with van der Waals surface area (Å²) in [5.41, 5.74) is 13.1. The van der Waals surface area contributed by atoms with E-state index in [1.54, 1.807) is 19.1 Å². The minimum absolute atomic E-state index is 0.113. The Morgan fingerprint density at radius 2 is 1.73 bits per heavy atom. The summed E-state index contributed by atoms with van der Waals surface area (Å²) in [6, 6.07) is 8.91. The smallest absolute Gasteiger partial charge is 0.325 e. The van der Waals surface area contributed by atoms with Crippen molar-refractivity contribution >= 4 is 46.6 Å². The van der Waals surface area contributed by atoms with Gasteiger partial charge in [-0.2, -0.15) is 4.37 Å². The van der Waals surface area contributed by atoms with Crippen molar-refractivity contribution in [2.75, 3.05) is 23.8 Å². The summed E-state index contributed by atoms with van der Waals surface area (Å²) in [6.45, 7) is 4.93. The molecular formula is C25H26FN5O5S. The van der Waals surface area contributed by atoms with E-state index in [0.29, 0.717) is 17.2 Å². The van der Waals surface area contributed by atoms with Crippen LogP contribution in [0.15, 0.2) is 42.5 Å². The topological polar surface area (TPSA) is 158 Å². The number of amides is 3. The second-order valence-electron chi connectivity index (χ2n) is 8.14. The molecule has 1 heterocycles. The number of halogens is 1. The van der Waals surface area contributed by atoms with Crippen LogP contribution >= 0.6 is 11.5 Å². The van der Waals surface area contributed by atoms with Gasteiger partial charge in [-0.05, 0) is 73.3 Å². The van der Waals surface area contributed by atoms with E-state index in [2.05, 4.69) is 9.69 Å². The van der Waals surface area contributed by atoms with E-state index in [1.807, 2.05) is 19.9 Å². The number of aryl methyl sites for hydroxylation is 2. The molecule has 1 aromatic heterocycles. The monoisotopic (exact) mass is 527 g/mol. The SMILES string of the molecule is CCOC(=O)CNC(=O)[C@H](c1ccc(F)cc1)N(C(=O)c1snc(C(N)=O)c1N)c1cc(C)cc(C)c1. The summed E-state index contributed by atoms with van der Waals surface area (Å²) in [5.74, 6) is -3.60. The number of nitrogens with one attached hydrogen (secondary N) is 1. The molecular weight excluding hydrogens is 501 g/mol. The van der Waals surface area contributed by atoms with Crippen molar-refractivity contribution in [1.29, 1.82) is 0 Å². The van der Waals surface area contributed by atoms with E-state index in [4.69, 9.17) is 16.2 Å². The van der Waals surface area contributed by atoms with Crippen LogP contribution in [0.4, 0.5) is 15.8 Å². The number of hydrogen-bond donors (Lipinski definition) is 3. The lowest BCUT2D eigenvalue weighted by molar-refractivity contribution is -0.143. The van der Waals surface area contributed by atoms with Crippen molar-refractivity contribution in [2.24, 2.45) is 5.73 Å². The van der Waals surface area contributed by atoms with Gasteiger partial charge in [0.1, 0.15) is 23.3 Å². The van der Waals surface area contributed by atoms with E-state index in [9.17, 15) is 23.6 Å². The molecule has 1 atom stereocenters. The molecule has 0 saturated heterocycles. The zero-order valence-electron chi connectivity index (χ0n) is 20.4. The van der Waals surface area contributed by atoms with E-state index in [-0.39, 0.29) is 28.4 Å². The maximum atomic E-state index is 14.0. The second-order valence-corrected chi connectivity index (χ2v) is 8.91. The maximum absolute atomic E-state index is 14.0. The standard InChI is InChI=1S/C25H26FN5O5S/c1-4-36-18(32)12-29-24(34)21(15-5-7-16(26)8-6-15)31(17-10-13(2)9-14(3)11-17)25(35)22-19(27)20(23(28)33)30-37-22/h5-11,21H,4,12,27H2,1-3H3,(H2,28,33)(H,29,34)/t21-/m0/s1. The molecule has 0 unspecified atom stereocenters. The van der Waals surface area contributed by atoms with E-state index >= 15 is 0 Å². The van der Waals surface area contributed by atoms with Gasteiger partial charge in [-0.3, -0.25) is 24.1 Å². The van der Waals surface area contributed by atoms with Gasteiger partial charge in [-0.1, -0.05) is 18.2 Å². The average molecular weight is 528 g/mol. The molecule has 3 rings (SSSR count). The Hall–Kier alpha value is -4.32. The highest BCUT2D eigenvalue weighted by Crippen LogP contribution is 2.34. The number of hydrogen-bond acceptors (Lipinski definition) is 8. The van der Waals surface area contributed by atoms with Gasteiger partial charge in [0, 0.05) is 5.69 Å². The largest absolute Gasteiger partial charge is 0.465 e. The van der Waals surface area contributed by atoms with E-state index < -0.39 is 42.1 Å². The molecule has 10 nitrogen and oxygen atoms in total. The number of aromatic nitrogens is 1. The first-order valence-corrected chi connectivity index (χ1v) is 12.0. The fraction of sp³-hybridized carbons (Fsp3) is 0.240. The summed E-state index contributed by atoms with van der Waals surface area (Å²) in [7, 11) is 0. The lowest BCUT2D eigenvalue weighted by Crippen LogP contribution is -2.45. The molecule has 0 fully saturated rings. The first-order chi connectivity index (χ1) is 17.5. The molecule has 0 spiro atoms. The highest BCUT2D eigenvalue weighted by molar-refractivity contribution is 7.09. The minimum atomic E-state index is -1.36. The molecule has 0 aliphatic carbocycles. The summed E-state index contributed by atoms with van der Waals surface area (Å²) in [5, 5.41) is 2.49. The van der Waals surface area contributed by atoms with Crippen LogP contribution in [0, 0.1) is 19.7 Å². The molecule has 3 aromatic rings. The van der Waals surface area contributed by atoms with Gasteiger partial charge in [0.2, 0.25) is 5.91 Å². The molecule has 12 heteroatoms. The van der Waals surface area contributed by atoms with Crippen molar-refractivity contribution < 1.29 is 28.3 Å². The Labute approximate surface area is 216 Å². The first-order valence-electron chi connectivity index (χ1n) is 11.2. The number of benzene rings is 2. The van der Waals surface area contributed by atoms with Crippen LogP contribution in [0.25, 0.3) is 0 Å². The highest BCUT2D eigenvalue weighted by Gasteiger charge is 2.36. The number of nitrogens with zero attached hydrogens (tertiary/aromatic N) is 2. The van der Waals surface area contributed by atoms with Crippen LogP contribution < -0.4 is 21.7 Å². The molecule has 3 amide bonds. The number of rotatable bonds is 9. The zero-order valence-corrected chi connectivity index (χ0v) is 21.2. The minimum Gasteiger partial charge on any atom is -0.465 e. The summed E-state index contributed by atoms with van der Waals surface area (Å²) < 4.78 is 22.5. The second kappa shape index (κ2) is 11.6. The Morgan fingerprint density at radius 1 is 1.11 bits per heavy atom. The fourth-order valence-electron chi connectivity index (χ4n) is 3.74. The summed E-state index contributed by atoms with van der Waals surface area (Å²) in [4.78, 5) is 52.2. The summed E-state index contributed by atoms with van der Waals surface area (Å²) in [6.07, 6.45) is 0. The number of primary amides is 1. The van der Waals surface area contributed by atoms with Crippen LogP contribution in [0.3, 0.4) is 0 Å². The third kappa shape index (κ3) is 6.28. The number of carbonyl (C=O) groups is 4. The van der Waals surface area contributed by atoms with Crippen molar-refractivity contribution in [2.45, 2.75) is 26.8 Å². The Kier molecular flexibility index (Phi) is 8.56. The first kappa shape index (κ1) is 27.3. The lowest BCUT2D eigenvalue weighted by Gasteiger charge is -2.31. The van der Waals surface area contributed by atoms with Gasteiger partial charge in [0.05, 0.1) is 12.3 Å². The molecule has 0 radical (unpaired) electrons. The number of nitrogen functional groups attached to an aromatic ring is 1. The van der Waals surface area contributed by atoms with Crippen molar-refractivity contribution in [1.82, 2.24) is 9.69 Å². The Bertz CT molecular complexity index is 1320. The van der Waals surface area contributed by atoms with Crippen molar-refractivity contribution in [3.63, 3.8) is 0 Å². The quantitative estimate of drug-likeness (QED) is 0.361. The number of ether oxygens (including phenoxy) is 1. The van der Waals surface area contributed by atoms with Crippen LogP contribution in [0.5, 0.6) is 0 Å². The molecule has 5 N–H and O–H groups in total. The van der Waals surface area contributed by atoms with Gasteiger partial charge in [-0.15, -0.1) is 0 Å². The summed E-state index contributed by atoms with van der Waals surface area (Å²) >= 11 is 0.663. The van der Waals surface area contributed by atoms with Crippen LogP contribution in [-0.4, -0.2) is 41.2 Å². The van der Waals surface area contributed by atoms with Crippen LogP contribution in [0.1, 0.15) is 49.8 Å². The van der Waals surface area contributed by atoms with Gasteiger partial charge in [0.25, 0.3) is 11.8 Å². The Balaban J connectivity index is 2.19. The number of anilines is 2. The predicted molar refractivity (Wildman–Crippen MR) is 137 cm³/mol. The molecule has 2 aromatic carbocycles. The number of esters is 1. The number of carbonyl (C=O) groups excluding carboxylic acids is 4. The lowest BCUT2D eigenvalue weighted by atomic mass is 10.0. The Morgan fingerprint density at radius 3 is 2.27 bits per heavy atom. The van der Waals surface area contributed by atoms with Gasteiger partial charge in [-0.25, -0.2) is 4.39 Å². The van der Waals surface area contributed by atoms with E-state index in [0.717, 1.165) is 23.3 Å². The van der Waals surface area contributed by atoms with Crippen molar-refractivity contribution in [3.8, 4) is 0 Å². The van der Waals surface area contributed by atoms with Gasteiger partial charge < -0.3 is 21.5 Å². The zero-order chi connectivity index (χ0) is 27.3. The van der Waals surface area contributed by atoms with E-state index in [1.165, 1.54) is 17.0 Å². The molecule has 194 valence electrons. The average Bonchev–Trinajstić information content (AvgIpc) is 3.22. The normalized spacial score (nSPS) is 11.5. The molecule has 0 bridgehead atoms. The fourth-order valence-corrected chi connectivity index (χ4v) is 4.48.